The molecule has 0 radical (unpaired) electrons. The summed E-state index contributed by atoms with van der Waals surface area (Å²) >= 11 is 0. The maximum Gasteiger partial charge on any atom is 0.335 e. The number of carbonyl (C=O) groups is 2. The number of esters is 2. The van der Waals surface area contributed by atoms with E-state index in [2.05, 4.69) is 19.7 Å². The summed E-state index contributed by atoms with van der Waals surface area (Å²) in [5.74, 6) is -0.950. The third-order valence-corrected chi connectivity index (χ3v) is 3.12. The first-order valence-corrected chi connectivity index (χ1v) is 5.90. The van der Waals surface area contributed by atoms with Gasteiger partial charge in [-0.15, -0.1) is 0 Å². The molecule has 0 bridgehead atoms. The van der Waals surface area contributed by atoms with E-state index in [0.717, 1.165) is 0 Å². The minimum absolute atomic E-state index is 0.435. The van der Waals surface area contributed by atoms with Crippen LogP contribution in [0.15, 0.2) is 10.2 Å². The first-order chi connectivity index (χ1) is 8.29. The second-order valence-corrected chi connectivity index (χ2v) is 4.44. The molecule has 0 spiro atoms. The molecule has 0 aromatic heterocycles. The van der Waals surface area contributed by atoms with Gasteiger partial charge in [0.05, 0.1) is 14.2 Å². The summed E-state index contributed by atoms with van der Waals surface area (Å²) in [4.78, 5) is 23.2. The molecule has 6 heteroatoms. The molecule has 18 heavy (non-hydrogen) atoms. The highest BCUT2D eigenvalue weighted by Gasteiger charge is 2.37. The Balaban J connectivity index is 5.20. The largest absolute Gasteiger partial charge is 0.467 e. The van der Waals surface area contributed by atoms with Crippen LogP contribution < -0.4 is 0 Å². The first kappa shape index (κ1) is 16.5. The van der Waals surface area contributed by atoms with Gasteiger partial charge in [-0.1, -0.05) is 13.8 Å². The van der Waals surface area contributed by atoms with E-state index in [-0.39, 0.29) is 0 Å². The summed E-state index contributed by atoms with van der Waals surface area (Å²) in [6, 6.07) is 0. The topological polar surface area (TPSA) is 77.3 Å². The van der Waals surface area contributed by atoms with E-state index in [1.807, 2.05) is 0 Å². The summed E-state index contributed by atoms with van der Waals surface area (Å²) in [7, 11) is 2.59. The van der Waals surface area contributed by atoms with Crippen LogP contribution in [-0.2, 0) is 19.1 Å². The third kappa shape index (κ3) is 3.51. The normalized spacial score (nSPS) is 17.9. The predicted molar refractivity (Wildman–Crippen MR) is 66.3 cm³/mol. The number of ether oxygens (including phenoxy) is 2. The number of methoxy groups -OCH3 is 2. The molecule has 6 nitrogen and oxygen atoms in total. The zero-order valence-corrected chi connectivity index (χ0v) is 11.9. The molecule has 2 atom stereocenters. The van der Waals surface area contributed by atoms with Crippen molar-refractivity contribution < 1.29 is 19.1 Å². The summed E-state index contributed by atoms with van der Waals surface area (Å²) in [6.07, 6.45) is 0.869. The van der Waals surface area contributed by atoms with Crippen LogP contribution in [0.1, 0.15) is 40.5 Å². The Kier molecular flexibility index (Phi) is 5.94. The van der Waals surface area contributed by atoms with Gasteiger partial charge in [-0.25, -0.2) is 9.59 Å². The van der Waals surface area contributed by atoms with E-state index in [4.69, 9.17) is 0 Å². The van der Waals surface area contributed by atoms with Crippen molar-refractivity contribution in [2.75, 3.05) is 14.2 Å². The second kappa shape index (κ2) is 6.47. The molecule has 0 saturated carbocycles. The number of carbonyl (C=O) groups excluding carboxylic acids is 2. The average Bonchev–Trinajstić information content (AvgIpc) is 2.42. The molecule has 104 valence electrons. The Morgan fingerprint density at radius 1 is 0.889 bits per heavy atom. The minimum Gasteiger partial charge on any atom is -0.467 e. The van der Waals surface area contributed by atoms with Crippen molar-refractivity contribution in [3.63, 3.8) is 0 Å². The molecular formula is C12H22N2O4. The molecule has 0 aliphatic heterocycles. The molecule has 0 rings (SSSR count). The van der Waals surface area contributed by atoms with E-state index < -0.39 is 23.0 Å². The van der Waals surface area contributed by atoms with E-state index in [1.165, 1.54) is 14.2 Å². The minimum atomic E-state index is -1.07. The Hall–Kier alpha value is -1.46. The van der Waals surface area contributed by atoms with Crippen LogP contribution in [0.25, 0.3) is 0 Å². The lowest BCUT2D eigenvalue weighted by Gasteiger charge is -2.23. The van der Waals surface area contributed by atoms with E-state index >= 15 is 0 Å². The molecule has 0 fully saturated rings. The maximum absolute atomic E-state index is 11.6. The fourth-order valence-electron chi connectivity index (χ4n) is 1.17. The lowest BCUT2D eigenvalue weighted by molar-refractivity contribution is -0.149. The summed E-state index contributed by atoms with van der Waals surface area (Å²) in [6.45, 7) is 6.85. The van der Waals surface area contributed by atoms with Crippen LogP contribution in [0.3, 0.4) is 0 Å². The Labute approximate surface area is 108 Å². The quantitative estimate of drug-likeness (QED) is 0.540. The van der Waals surface area contributed by atoms with Crippen LogP contribution in [0.5, 0.6) is 0 Å². The van der Waals surface area contributed by atoms with Gasteiger partial charge >= 0.3 is 11.9 Å². The number of hydrogen-bond acceptors (Lipinski definition) is 6. The van der Waals surface area contributed by atoms with Crippen LogP contribution in [0.4, 0.5) is 0 Å². The lowest BCUT2D eigenvalue weighted by atomic mass is 9.99. The van der Waals surface area contributed by atoms with Crippen molar-refractivity contribution in [2.45, 2.75) is 51.6 Å². The van der Waals surface area contributed by atoms with Crippen LogP contribution >= 0.6 is 0 Å². The molecule has 0 aliphatic carbocycles. The molecule has 0 saturated heterocycles. The van der Waals surface area contributed by atoms with Gasteiger partial charge in [0.25, 0.3) is 0 Å². The Morgan fingerprint density at radius 2 is 1.17 bits per heavy atom. The summed E-state index contributed by atoms with van der Waals surface area (Å²) < 4.78 is 9.37. The van der Waals surface area contributed by atoms with Gasteiger partial charge in [-0.3, -0.25) is 0 Å². The third-order valence-electron chi connectivity index (χ3n) is 3.12. The van der Waals surface area contributed by atoms with Crippen molar-refractivity contribution in [3.8, 4) is 0 Å². The van der Waals surface area contributed by atoms with Gasteiger partial charge in [0.1, 0.15) is 0 Å². The zero-order valence-electron chi connectivity index (χ0n) is 11.9. The first-order valence-electron chi connectivity index (χ1n) is 5.90. The smallest absolute Gasteiger partial charge is 0.335 e. The zero-order chi connectivity index (χ0) is 14.4. The van der Waals surface area contributed by atoms with Crippen LogP contribution in [0, 0.1) is 0 Å². The second-order valence-electron chi connectivity index (χ2n) is 4.44. The maximum atomic E-state index is 11.6. The monoisotopic (exact) mass is 258 g/mol. The number of nitrogens with zero attached hydrogens (tertiary/aromatic N) is 2. The van der Waals surface area contributed by atoms with E-state index in [0.29, 0.717) is 12.8 Å². The number of azo groups is 1. The van der Waals surface area contributed by atoms with Gasteiger partial charge in [0, 0.05) is 0 Å². The van der Waals surface area contributed by atoms with Gasteiger partial charge < -0.3 is 9.47 Å². The SMILES string of the molecule is CCC(C)(/N=N/C(C)(CC)C(=O)OC)C(=O)OC. The van der Waals surface area contributed by atoms with Crippen LogP contribution in [-0.4, -0.2) is 37.2 Å². The fraction of sp³-hybridized carbons (Fsp3) is 0.833. The highest BCUT2D eigenvalue weighted by Crippen LogP contribution is 2.23. The number of rotatable bonds is 6. The Bertz CT molecular complexity index is 311. The van der Waals surface area contributed by atoms with Gasteiger partial charge in [-0.2, -0.15) is 10.2 Å². The van der Waals surface area contributed by atoms with Crippen molar-refractivity contribution in [2.24, 2.45) is 10.2 Å². The number of hydrogen-bond donors (Lipinski definition) is 0. The molecule has 0 aliphatic rings. The van der Waals surface area contributed by atoms with Gasteiger partial charge in [0.2, 0.25) is 0 Å². The van der Waals surface area contributed by atoms with Crippen molar-refractivity contribution in [1.29, 1.82) is 0 Å². The molecule has 2 unspecified atom stereocenters. The van der Waals surface area contributed by atoms with Crippen molar-refractivity contribution in [1.82, 2.24) is 0 Å². The van der Waals surface area contributed by atoms with Gasteiger partial charge in [-0.05, 0) is 26.7 Å². The fourth-order valence-corrected chi connectivity index (χ4v) is 1.17. The van der Waals surface area contributed by atoms with E-state index in [1.54, 1.807) is 27.7 Å². The molecule has 0 N–H and O–H groups in total. The highest BCUT2D eigenvalue weighted by molar-refractivity contribution is 5.81. The van der Waals surface area contributed by atoms with Crippen molar-refractivity contribution in [3.05, 3.63) is 0 Å². The molecule has 0 heterocycles. The van der Waals surface area contributed by atoms with Gasteiger partial charge in [0.15, 0.2) is 11.1 Å². The molecule has 0 aromatic carbocycles. The van der Waals surface area contributed by atoms with E-state index in [9.17, 15) is 9.59 Å². The molecular weight excluding hydrogens is 236 g/mol. The van der Waals surface area contributed by atoms with Crippen LogP contribution in [0.2, 0.25) is 0 Å². The standard InChI is InChI=1S/C12H22N2O4/c1-7-11(3,9(15)17-5)13-14-12(4,8-2)10(16)18-6/h7-8H2,1-6H3/b14-13+. The molecule has 0 amide bonds. The summed E-state index contributed by atoms with van der Waals surface area (Å²) in [5.41, 5.74) is -2.14. The predicted octanol–water partition coefficient (Wildman–Crippen LogP) is 2.12. The van der Waals surface area contributed by atoms with Crippen molar-refractivity contribution >= 4 is 11.9 Å². The summed E-state index contributed by atoms with van der Waals surface area (Å²) in [5, 5.41) is 8.01. The molecule has 0 aromatic rings. The highest BCUT2D eigenvalue weighted by atomic mass is 16.5. The Morgan fingerprint density at radius 3 is 1.33 bits per heavy atom. The average molecular weight is 258 g/mol. The lowest BCUT2D eigenvalue weighted by Crippen LogP contribution is -2.37.